The Morgan fingerprint density at radius 3 is 2.69 bits per heavy atom. The minimum Gasteiger partial charge on any atom is -0.356 e. The Hall–Kier alpha value is -0.510. The number of benzene rings is 1. The van der Waals surface area contributed by atoms with Crippen molar-refractivity contribution in [3.05, 3.63) is 29.3 Å². The Morgan fingerprint density at radius 2 is 2.06 bits per heavy atom. The lowest BCUT2D eigenvalue weighted by atomic mass is 10.2. The van der Waals surface area contributed by atoms with Gasteiger partial charge in [0.2, 0.25) is 0 Å². The minimum atomic E-state index is -0.111. The van der Waals surface area contributed by atoms with Crippen molar-refractivity contribution < 1.29 is 9.47 Å². The van der Waals surface area contributed by atoms with Crippen LogP contribution in [0.1, 0.15) is 18.1 Å². The molecule has 0 spiro atoms. The molecular weight excluding hydrogens is 220 g/mol. The maximum absolute atomic E-state index is 5.43. The van der Waals surface area contributed by atoms with Crippen LogP contribution in [0.5, 0.6) is 0 Å². The van der Waals surface area contributed by atoms with Crippen LogP contribution in [0, 0.1) is 13.8 Å². The molecule has 0 heterocycles. The summed E-state index contributed by atoms with van der Waals surface area (Å²) in [5.41, 5.74) is 2.65. The molecule has 0 aliphatic carbocycles. The molecule has 1 aromatic rings. The third kappa shape index (κ3) is 4.56. The summed E-state index contributed by atoms with van der Waals surface area (Å²) in [4.78, 5) is 1.33. The van der Waals surface area contributed by atoms with Crippen LogP contribution in [0.4, 0.5) is 0 Å². The molecule has 0 aliphatic heterocycles. The Balaban J connectivity index is 2.32. The molecule has 0 saturated carbocycles. The molecule has 0 N–H and O–H groups in total. The van der Waals surface area contributed by atoms with Crippen molar-refractivity contribution in [1.82, 2.24) is 0 Å². The number of methoxy groups -OCH3 is 1. The standard InChI is InChI=1S/C13H20O2S/c1-10-5-6-13(11(2)9-10)16-8-7-15-12(3)14-4/h5-6,9,12H,7-8H2,1-4H3. The number of hydrogen-bond donors (Lipinski definition) is 0. The number of thioether (sulfide) groups is 1. The highest BCUT2D eigenvalue weighted by atomic mass is 32.2. The van der Waals surface area contributed by atoms with E-state index in [1.54, 1.807) is 7.11 Å². The predicted molar refractivity (Wildman–Crippen MR) is 69.1 cm³/mol. The smallest absolute Gasteiger partial charge is 0.154 e. The van der Waals surface area contributed by atoms with Gasteiger partial charge in [0.25, 0.3) is 0 Å². The molecule has 0 aromatic heterocycles. The van der Waals surface area contributed by atoms with Crippen molar-refractivity contribution in [3.63, 3.8) is 0 Å². The van der Waals surface area contributed by atoms with Gasteiger partial charge in [-0.05, 0) is 32.4 Å². The largest absolute Gasteiger partial charge is 0.356 e. The highest BCUT2D eigenvalue weighted by molar-refractivity contribution is 7.99. The maximum Gasteiger partial charge on any atom is 0.154 e. The molecule has 1 atom stereocenters. The lowest BCUT2D eigenvalue weighted by Gasteiger charge is -2.11. The maximum atomic E-state index is 5.43. The van der Waals surface area contributed by atoms with E-state index >= 15 is 0 Å². The van der Waals surface area contributed by atoms with E-state index in [0.29, 0.717) is 6.61 Å². The highest BCUT2D eigenvalue weighted by Crippen LogP contribution is 2.22. The molecule has 1 aromatic carbocycles. The summed E-state index contributed by atoms with van der Waals surface area (Å²) in [7, 11) is 1.65. The second-order valence-electron chi connectivity index (χ2n) is 3.79. The fourth-order valence-electron chi connectivity index (χ4n) is 1.40. The monoisotopic (exact) mass is 240 g/mol. The number of aryl methyl sites for hydroxylation is 2. The number of ether oxygens (including phenoxy) is 2. The zero-order chi connectivity index (χ0) is 12.0. The topological polar surface area (TPSA) is 18.5 Å². The van der Waals surface area contributed by atoms with Crippen molar-refractivity contribution in [3.8, 4) is 0 Å². The SMILES string of the molecule is COC(C)OCCSc1ccc(C)cc1C. The van der Waals surface area contributed by atoms with Crippen LogP contribution in [-0.2, 0) is 9.47 Å². The van der Waals surface area contributed by atoms with Gasteiger partial charge in [0, 0.05) is 17.8 Å². The van der Waals surface area contributed by atoms with Gasteiger partial charge in [0.05, 0.1) is 6.61 Å². The number of rotatable bonds is 6. The summed E-state index contributed by atoms with van der Waals surface area (Å²) in [5, 5.41) is 0. The first-order valence-corrected chi connectivity index (χ1v) is 6.46. The van der Waals surface area contributed by atoms with Crippen LogP contribution >= 0.6 is 11.8 Å². The molecule has 0 bridgehead atoms. The summed E-state index contributed by atoms with van der Waals surface area (Å²) in [5.74, 6) is 0.956. The zero-order valence-corrected chi connectivity index (χ0v) is 11.3. The molecule has 2 nitrogen and oxygen atoms in total. The molecule has 0 aliphatic rings. The van der Waals surface area contributed by atoms with Gasteiger partial charge in [-0.15, -0.1) is 11.8 Å². The molecular formula is C13H20O2S. The molecule has 3 heteroatoms. The van der Waals surface area contributed by atoms with Crippen LogP contribution in [0.3, 0.4) is 0 Å². The van der Waals surface area contributed by atoms with E-state index in [-0.39, 0.29) is 6.29 Å². The van der Waals surface area contributed by atoms with Gasteiger partial charge in [0.1, 0.15) is 0 Å². The average Bonchev–Trinajstić information content (AvgIpc) is 2.26. The summed E-state index contributed by atoms with van der Waals surface area (Å²) in [6, 6.07) is 6.53. The molecule has 0 fully saturated rings. The lowest BCUT2D eigenvalue weighted by Crippen LogP contribution is -2.12. The van der Waals surface area contributed by atoms with E-state index in [0.717, 1.165) is 5.75 Å². The van der Waals surface area contributed by atoms with Gasteiger partial charge in [-0.1, -0.05) is 17.7 Å². The molecule has 1 unspecified atom stereocenters. The lowest BCUT2D eigenvalue weighted by molar-refractivity contribution is -0.105. The van der Waals surface area contributed by atoms with Crippen LogP contribution in [0.15, 0.2) is 23.1 Å². The Morgan fingerprint density at radius 1 is 1.31 bits per heavy atom. The van der Waals surface area contributed by atoms with Crippen LogP contribution in [-0.4, -0.2) is 25.8 Å². The predicted octanol–water partition coefficient (Wildman–Crippen LogP) is 3.40. The number of hydrogen-bond acceptors (Lipinski definition) is 3. The molecule has 1 rings (SSSR count). The van der Waals surface area contributed by atoms with Crippen molar-refractivity contribution in [2.24, 2.45) is 0 Å². The van der Waals surface area contributed by atoms with Crippen molar-refractivity contribution in [1.29, 1.82) is 0 Å². The van der Waals surface area contributed by atoms with Gasteiger partial charge < -0.3 is 9.47 Å². The van der Waals surface area contributed by atoms with Gasteiger partial charge >= 0.3 is 0 Å². The second kappa shape index (κ2) is 6.94. The molecule has 90 valence electrons. The summed E-state index contributed by atoms with van der Waals surface area (Å²) < 4.78 is 10.4. The van der Waals surface area contributed by atoms with Crippen molar-refractivity contribution in [2.75, 3.05) is 19.5 Å². The summed E-state index contributed by atoms with van der Waals surface area (Å²) >= 11 is 1.83. The molecule has 0 saturated heterocycles. The van der Waals surface area contributed by atoms with Crippen molar-refractivity contribution in [2.45, 2.75) is 32.0 Å². The van der Waals surface area contributed by atoms with Crippen LogP contribution < -0.4 is 0 Å². The third-order valence-corrected chi connectivity index (χ3v) is 3.50. The highest BCUT2D eigenvalue weighted by Gasteiger charge is 2.01. The fraction of sp³-hybridized carbons (Fsp3) is 0.538. The minimum absolute atomic E-state index is 0.111. The zero-order valence-electron chi connectivity index (χ0n) is 10.4. The Labute approximate surface area is 102 Å². The first-order chi connectivity index (χ1) is 7.63. The van der Waals surface area contributed by atoms with E-state index in [1.165, 1.54) is 16.0 Å². The van der Waals surface area contributed by atoms with Crippen molar-refractivity contribution >= 4 is 11.8 Å². The molecule has 0 radical (unpaired) electrons. The van der Waals surface area contributed by atoms with Gasteiger partial charge in [-0.2, -0.15) is 0 Å². The quantitative estimate of drug-likeness (QED) is 0.431. The first kappa shape index (κ1) is 13.6. The average molecular weight is 240 g/mol. The molecule has 16 heavy (non-hydrogen) atoms. The summed E-state index contributed by atoms with van der Waals surface area (Å²) in [6.07, 6.45) is -0.111. The fourth-order valence-corrected chi connectivity index (χ4v) is 2.25. The van der Waals surface area contributed by atoms with Gasteiger partial charge in [-0.3, -0.25) is 0 Å². The van der Waals surface area contributed by atoms with E-state index < -0.39 is 0 Å². The van der Waals surface area contributed by atoms with E-state index in [9.17, 15) is 0 Å². The van der Waals surface area contributed by atoms with Gasteiger partial charge in [0.15, 0.2) is 6.29 Å². The van der Waals surface area contributed by atoms with E-state index in [1.807, 2.05) is 18.7 Å². The normalized spacial score (nSPS) is 12.8. The molecule has 0 amide bonds. The van der Waals surface area contributed by atoms with Gasteiger partial charge in [-0.25, -0.2) is 0 Å². The second-order valence-corrected chi connectivity index (χ2v) is 4.93. The van der Waals surface area contributed by atoms with E-state index in [2.05, 4.69) is 32.0 Å². The van der Waals surface area contributed by atoms with E-state index in [4.69, 9.17) is 9.47 Å². The first-order valence-electron chi connectivity index (χ1n) is 5.48. The summed E-state index contributed by atoms with van der Waals surface area (Å²) in [6.45, 7) is 6.88. The third-order valence-electron chi connectivity index (χ3n) is 2.36. The van der Waals surface area contributed by atoms with Crippen LogP contribution in [0.25, 0.3) is 0 Å². The Kier molecular flexibility index (Phi) is 5.88. The Bertz CT molecular complexity index is 326. The van der Waals surface area contributed by atoms with Crippen LogP contribution in [0.2, 0.25) is 0 Å².